The normalized spacial score (nSPS) is 11.0. The molecule has 0 atom stereocenters. The fourth-order valence-corrected chi connectivity index (χ4v) is 4.05. The standard InChI is InChI=1S/C21H19N3O3S/c1-11-4-6-15-12(8-11)9-14-18(22)19(28-21(14)24-15)20(25)23-16-7-5-13(26-2)10-17(16)27-3/h4-10H,22H2,1-3H3,(H,23,25). The SMILES string of the molecule is COc1ccc(NC(=O)c2sc3nc4ccc(C)cc4cc3c2N)c(OC)c1. The predicted octanol–water partition coefficient (Wildman–Crippen LogP) is 4.61. The molecule has 6 nitrogen and oxygen atoms in total. The molecular weight excluding hydrogens is 374 g/mol. The molecule has 4 aromatic rings. The minimum Gasteiger partial charge on any atom is -0.497 e. The topological polar surface area (TPSA) is 86.5 Å². The Balaban J connectivity index is 1.73. The van der Waals surface area contributed by atoms with Gasteiger partial charge in [-0.05, 0) is 37.3 Å². The van der Waals surface area contributed by atoms with Gasteiger partial charge in [0, 0.05) is 16.8 Å². The summed E-state index contributed by atoms with van der Waals surface area (Å²) in [7, 11) is 3.11. The molecule has 7 heteroatoms. The first-order chi connectivity index (χ1) is 13.5. The second kappa shape index (κ2) is 7.01. The summed E-state index contributed by atoms with van der Waals surface area (Å²) in [4.78, 5) is 18.7. The zero-order valence-corrected chi connectivity index (χ0v) is 16.5. The average molecular weight is 393 g/mol. The Morgan fingerprint density at radius 3 is 2.68 bits per heavy atom. The first kappa shape index (κ1) is 18.1. The molecule has 0 spiro atoms. The number of hydrogen-bond acceptors (Lipinski definition) is 6. The van der Waals surface area contributed by atoms with E-state index in [1.807, 2.05) is 25.1 Å². The first-order valence-corrected chi connectivity index (χ1v) is 9.44. The van der Waals surface area contributed by atoms with Gasteiger partial charge in [0.2, 0.25) is 0 Å². The number of benzene rings is 2. The zero-order valence-electron chi connectivity index (χ0n) is 15.7. The number of pyridine rings is 1. The van der Waals surface area contributed by atoms with Crippen molar-refractivity contribution < 1.29 is 14.3 Å². The number of amides is 1. The number of ether oxygens (including phenoxy) is 2. The Morgan fingerprint density at radius 2 is 1.93 bits per heavy atom. The fraction of sp³-hybridized carbons (Fsp3) is 0.143. The van der Waals surface area contributed by atoms with E-state index in [1.165, 1.54) is 18.4 Å². The van der Waals surface area contributed by atoms with Gasteiger partial charge in [-0.2, -0.15) is 0 Å². The number of nitrogens with one attached hydrogen (secondary N) is 1. The van der Waals surface area contributed by atoms with Gasteiger partial charge in [-0.25, -0.2) is 4.98 Å². The molecular formula is C21H19N3O3S. The molecule has 2 aromatic carbocycles. The number of methoxy groups -OCH3 is 2. The molecule has 0 aliphatic carbocycles. The van der Waals surface area contributed by atoms with Crippen molar-refractivity contribution in [2.24, 2.45) is 0 Å². The first-order valence-electron chi connectivity index (χ1n) is 8.63. The minimum atomic E-state index is -0.302. The van der Waals surface area contributed by atoms with Crippen LogP contribution in [0.15, 0.2) is 42.5 Å². The third-order valence-electron chi connectivity index (χ3n) is 4.53. The molecule has 0 saturated heterocycles. The van der Waals surface area contributed by atoms with E-state index in [0.717, 1.165) is 26.7 Å². The number of carbonyl (C=O) groups is 1. The lowest BCUT2D eigenvalue weighted by molar-refractivity contribution is 0.103. The molecule has 0 radical (unpaired) electrons. The van der Waals surface area contributed by atoms with Crippen molar-refractivity contribution in [3.05, 3.63) is 52.9 Å². The molecule has 0 aliphatic rings. The largest absolute Gasteiger partial charge is 0.497 e. The van der Waals surface area contributed by atoms with Gasteiger partial charge in [0.15, 0.2) is 0 Å². The van der Waals surface area contributed by atoms with Gasteiger partial charge in [0.25, 0.3) is 5.91 Å². The van der Waals surface area contributed by atoms with E-state index in [-0.39, 0.29) is 5.91 Å². The number of thiophene rings is 1. The average Bonchev–Trinajstić information content (AvgIpc) is 3.02. The van der Waals surface area contributed by atoms with Crippen molar-refractivity contribution in [2.45, 2.75) is 6.92 Å². The molecule has 0 aliphatic heterocycles. The summed E-state index contributed by atoms with van der Waals surface area (Å²) in [5.74, 6) is 0.846. The number of carbonyl (C=O) groups excluding carboxylic acids is 1. The van der Waals surface area contributed by atoms with Gasteiger partial charge in [-0.15, -0.1) is 11.3 Å². The highest BCUT2D eigenvalue weighted by atomic mass is 32.1. The third kappa shape index (κ3) is 3.10. The molecule has 0 saturated carbocycles. The monoisotopic (exact) mass is 393 g/mol. The Hall–Kier alpha value is -3.32. The van der Waals surface area contributed by atoms with Crippen LogP contribution in [0.2, 0.25) is 0 Å². The Labute approximate surface area is 165 Å². The highest BCUT2D eigenvalue weighted by Gasteiger charge is 2.19. The number of anilines is 2. The summed E-state index contributed by atoms with van der Waals surface area (Å²) in [6.07, 6.45) is 0. The highest BCUT2D eigenvalue weighted by Crippen LogP contribution is 2.36. The van der Waals surface area contributed by atoms with Crippen molar-refractivity contribution in [3.8, 4) is 11.5 Å². The van der Waals surface area contributed by atoms with Gasteiger partial charge in [0.1, 0.15) is 21.2 Å². The highest BCUT2D eigenvalue weighted by molar-refractivity contribution is 7.21. The maximum atomic E-state index is 12.9. The van der Waals surface area contributed by atoms with Crippen LogP contribution in [0.4, 0.5) is 11.4 Å². The van der Waals surface area contributed by atoms with Crippen LogP contribution in [0.25, 0.3) is 21.1 Å². The van der Waals surface area contributed by atoms with E-state index in [2.05, 4.69) is 16.4 Å². The minimum absolute atomic E-state index is 0.302. The smallest absolute Gasteiger partial charge is 0.268 e. The lowest BCUT2D eigenvalue weighted by Crippen LogP contribution is -2.12. The molecule has 2 aromatic heterocycles. The Kier molecular flexibility index (Phi) is 4.52. The van der Waals surface area contributed by atoms with Crippen molar-refractivity contribution >= 4 is 49.7 Å². The summed E-state index contributed by atoms with van der Waals surface area (Å²) in [6, 6.07) is 13.2. The number of hydrogen-bond donors (Lipinski definition) is 2. The number of aromatic nitrogens is 1. The number of fused-ring (bicyclic) bond motifs is 2. The van der Waals surface area contributed by atoms with Gasteiger partial charge < -0.3 is 20.5 Å². The number of rotatable bonds is 4. The second-order valence-corrected chi connectivity index (χ2v) is 7.40. The molecule has 28 heavy (non-hydrogen) atoms. The van der Waals surface area contributed by atoms with Gasteiger partial charge in [-0.3, -0.25) is 4.79 Å². The van der Waals surface area contributed by atoms with Gasteiger partial charge >= 0.3 is 0 Å². The summed E-state index contributed by atoms with van der Waals surface area (Å²) in [6.45, 7) is 2.03. The molecule has 1 amide bonds. The van der Waals surface area contributed by atoms with Crippen molar-refractivity contribution in [3.63, 3.8) is 0 Å². The summed E-state index contributed by atoms with van der Waals surface area (Å²) in [5, 5.41) is 4.65. The lowest BCUT2D eigenvalue weighted by Gasteiger charge is -2.11. The van der Waals surface area contributed by atoms with E-state index in [0.29, 0.717) is 27.8 Å². The van der Waals surface area contributed by atoms with Crippen molar-refractivity contribution in [1.29, 1.82) is 0 Å². The fourth-order valence-electron chi connectivity index (χ4n) is 3.07. The van der Waals surface area contributed by atoms with E-state index in [4.69, 9.17) is 15.2 Å². The molecule has 2 heterocycles. The predicted molar refractivity (Wildman–Crippen MR) is 114 cm³/mol. The van der Waals surface area contributed by atoms with Crippen LogP contribution in [0.1, 0.15) is 15.2 Å². The van der Waals surface area contributed by atoms with Crippen LogP contribution >= 0.6 is 11.3 Å². The van der Waals surface area contributed by atoms with Crippen LogP contribution < -0.4 is 20.5 Å². The van der Waals surface area contributed by atoms with Crippen LogP contribution in [-0.2, 0) is 0 Å². The molecule has 3 N–H and O–H groups in total. The van der Waals surface area contributed by atoms with Crippen molar-refractivity contribution in [2.75, 3.05) is 25.3 Å². The van der Waals surface area contributed by atoms with Crippen LogP contribution in [0.3, 0.4) is 0 Å². The molecule has 0 bridgehead atoms. The van der Waals surface area contributed by atoms with Crippen LogP contribution in [0, 0.1) is 6.92 Å². The van der Waals surface area contributed by atoms with E-state index in [1.54, 1.807) is 25.3 Å². The number of nitrogens with two attached hydrogens (primary N) is 1. The van der Waals surface area contributed by atoms with Gasteiger partial charge in [0.05, 0.1) is 31.1 Å². The maximum Gasteiger partial charge on any atom is 0.268 e. The third-order valence-corrected chi connectivity index (χ3v) is 5.65. The van der Waals surface area contributed by atoms with Crippen molar-refractivity contribution in [1.82, 2.24) is 4.98 Å². The molecule has 0 fully saturated rings. The van der Waals surface area contributed by atoms with E-state index >= 15 is 0 Å². The van der Waals surface area contributed by atoms with E-state index in [9.17, 15) is 4.79 Å². The maximum absolute atomic E-state index is 12.9. The molecule has 0 unspecified atom stereocenters. The zero-order chi connectivity index (χ0) is 19.8. The Bertz CT molecular complexity index is 1220. The molecule has 4 rings (SSSR count). The van der Waals surface area contributed by atoms with Crippen LogP contribution in [0.5, 0.6) is 11.5 Å². The number of aryl methyl sites for hydroxylation is 1. The summed E-state index contributed by atoms with van der Waals surface area (Å²) < 4.78 is 10.5. The molecule has 142 valence electrons. The quantitative estimate of drug-likeness (QED) is 0.529. The van der Waals surface area contributed by atoms with Crippen LogP contribution in [-0.4, -0.2) is 25.1 Å². The van der Waals surface area contributed by atoms with Gasteiger partial charge in [-0.1, -0.05) is 11.6 Å². The lowest BCUT2D eigenvalue weighted by atomic mass is 10.1. The number of nitrogens with zero attached hydrogens (tertiary/aromatic N) is 1. The summed E-state index contributed by atoms with van der Waals surface area (Å²) >= 11 is 1.28. The number of nitrogen functional groups attached to an aromatic ring is 1. The second-order valence-electron chi connectivity index (χ2n) is 6.40. The Morgan fingerprint density at radius 1 is 1.11 bits per heavy atom. The van der Waals surface area contributed by atoms with E-state index < -0.39 is 0 Å². The summed E-state index contributed by atoms with van der Waals surface area (Å²) in [5.41, 5.74) is 9.29.